The van der Waals surface area contributed by atoms with Crippen LogP contribution in [0, 0.1) is 6.92 Å². The van der Waals surface area contributed by atoms with Gasteiger partial charge in [-0.1, -0.05) is 61.2 Å². The highest BCUT2D eigenvalue weighted by molar-refractivity contribution is 7.89. The number of aliphatic carboxylic acids is 1. The highest BCUT2D eigenvalue weighted by atomic mass is 35.5. The molecule has 1 fully saturated rings. The van der Waals surface area contributed by atoms with Gasteiger partial charge in [0.05, 0.1) is 17.0 Å². The van der Waals surface area contributed by atoms with E-state index < -0.39 is 33.3 Å². The average molecular weight is 593 g/mol. The fourth-order valence-corrected chi connectivity index (χ4v) is 7.13. The van der Waals surface area contributed by atoms with Gasteiger partial charge >= 0.3 is 12.1 Å². The van der Waals surface area contributed by atoms with Crippen molar-refractivity contribution in [2.45, 2.75) is 55.6 Å². The summed E-state index contributed by atoms with van der Waals surface area (Å²) in [6.07, 6.45) is -0.972. The zero-order valence-corrected chi connectivity index (χ0v) is 22.7. The van der Waals surface area contributed by atoms with Crippen LogP contribution in [0.3, 0.4) is 0 Å². The lowest BCUT2D eigenvalue weighted by Crippen LogP contribution is -2.55. The predicted octanol–water partition coefficient (Wildman–Crippen LogP) is 6.11. The molecule has 2 N–H and O–H groups in total. The molecule has 0 saturated heterocycles. The Morgan fingerprint density at radius 1 is 1.05 bits per heavy atom. The van der Waals surface area contributed by atoms with Crippen LogP contribution in [-0.4, -0.2) is 39.6 Å². The maximum atomic E-state index is 13.7. The van der Waals surface area contributed by atoms with Crippen molar-refractivity contribution in [1.82, 2.24) is 19.3 Å². The first-order valence-corrected chi connectivity index (χ1v) is 14.3. The molecule has 0 radical (unpaired) electrons. The second kappa shape index (κ2) is 10.2. The van der Waals surface area contributed by atoms with Crippen molar-refractivity contribution in [3.05, 3.63) is 71.0 Å². The highest BCUT2D eigenvalue weighted by Gasteiger charge is 2.44. The van der Waals surface area contributed by atoms with Gasteiger partial charge in [0, 0.05) is 27.9 Å². The molecule has 2 aromatic carbocycles. The minimum absolute atomic E-state index is 0.0424. The number of alkyl halides is 3. The van der Waals surface area contributed by atoms with Gasteiger partial charge in [0.1, 0.15) is 10.4 Å². The van der Waals surface area contributed by atoms with E-state index >= 15 is 0 Å². The maximum absolute atomic E-state index is 13.7. The third-order valence-electron chi connectivity index (χ3n) is 7.13. The van der Waals surface area contributed by atoms with Gasteiger partial charge in [-0.05, 0) is 38.0 Å². The quantitative estimate of drug-likeness (QED) is 0.279. The van der Waals surface area contributed by atoms with Crippen molar-refractivity contribution in [3.8, 4) is 22.4 Å². The van der Waals surface area contributed by atoms with Crippen LogP contribution in [0.4, 0.5) is 13.2 Å². The van der Waals surface area contributed by atoms with Crippen LogP contribution in [0.1, 0.15) is 43.4 Å². The number of carboxylic acids is 1. The van der Waals surface area contributed by atoms with Gasteiger partial charge in [-0.15, -0.1) is 0 Å². The number of rotatable bonds is 6. The van der Waals surface area contributed by atoms with E-state index in [2.05, 4.69) is 14.8 Å². The zero-order chi connectivity index (χ0) is 28.9. The Morgan fingerprint density at radius 2 is 1.70 bits per heavy atom. The number of hydrogen-bond donors (Lipinski definition) is 2. The molecule has 0 amide bonds. The fraction of sp³-hybridized carbons (Fsp3) is 0.296. The number of carbonyl (C=O) groups is 1. The lowest BCUT2D eigenvalue weighted by molar-refractivity contribution is -0.145. The van der Waals surface area contributed by atoms with Crippen LogP contribution in [0.2, 0.25) is 5.02 Å². The van der Waals surface area contributed by atoms with Crippen LogP contribution in [0.5, 0.6) is 0 Å². The lowest BCUT2D eigenvalue weighted by atomic mass is 9.83. The lowest BCUT2D eigenvalue weighted by Gasteiger charge is -2.33. The molecule has 1 aliphatic rings. The summed E-state index contributed by atoms with van der Waals surface area (Å²) in [5.74, 6) is -1.26. The van der Waals surface area contributed by atoms with E-state index in [0.717, 1.165) is 18.6 Å². The Bertz CT molecular complexity index is 1710. The van der Waals surface area contributed by atoms with E-state index in [4.69, 9.17) is 11.6 Å². The number of carboxylic acid groups (broad SMARTS) is 1. The fourth-order valence-electron chi connectivity index (χ4n) is 5.18. The standard InChI is InChI=1S/C27H24ClF3N4O4S/c1-16-23(40(38,39)34-26(25(36)37)13-5-2-6-14-26)24-32-15-20(19-7-3-4-8-21(19)28)22(35(24)33-16)17-9-11-18(12-10-17)27(29,30)31/h3-4,7-12,15,34H,2,5-6,13-14H2,1H3,(H,36,37). The molecule has 1 saturated carbocycles. The average Bonchev–Trinajstić information content (AvgIpc) is 3.25. The molecule has 4 aromatic rings. The summed E-state index contributed by atoms with van der Waals surface area (Å²) in [4.78, 5) is 16.3. The Morgan fingerprint density at radius 3 is 2.30 bits per heavy atom. The van der Waals surface area contributed by atoms with Crippen molar-refractivity contribution < 1.29 is 31.5 Å². The molecule has 2 aromatic heterocycles. The topological polar surface area (TPSA) is 114 Å². The number of fused-ring (bicyclic) bond motifs is 1. The normalized spacial score (nSPS) is 15.8. The van der Waals surface area contributed by atoms with Crippen LogP contribution in [0.25, 0.3) is 28.0 Å². The summed E-state index contributed by atoms with van der Waals surface area (Å²) < 4.78 is 70.9. The molecule has 0 bridgehead atoms. The molecule has 0 atom stereocenters. The van der Waals surface area contributed by atoms with Gasteiger partial charge in [-0.3, -0.25) is 4.79 Å². The molecule has 40 heavy (non-hydrogen) atoms. The van der Waals surface area contributed by atoms with Crippen LogP contribution in [-0.2, 0) is 21.0 Å². The summed E-state index contributed by atoms with van der Waals surface area (Å²) in [7, 11) is -4.44. The third kappa shape index (κ3) is 4.95. The van der Waals surface area contributed by atoms with Crippen LogP contribution < -0.4 is 4.72 Å². The number of halogens is 4. The van der Waals surface area contributed by atoms with Crippen molar-refractivity contribution in [1.29, 1.82) is 0 Å². The minimum Gasteiger partial charge on any atom is -0.480 e. The first-order chi connectivity index (χ1) is 18.8. The van der Waals surface area contributed by atoms with E-state index in [1.54, 1.807) is 24.3 Å². The van der Waals surface area contributed by atoms with Crippen molar-refractivity contribution in [3.63, 3.8) is 0 Å². The second-order valence-electron chi connectivity index (χ2n) is 9.78. The van der Waals surface area contributed by atoms with Gasteiger partial charge in [0.2, 0.25) is 10.0 Å². The summed E-state index contributed by atoms with van der Waals surface area (Å²) in [5.41, 5.74) is -1.08. The number of sulfonamides is 1. The predicted molar refractivity (Wildman–Crippen MR) is 142 cm³/mol. The van der Waals surface area contributed by atoms with E-state index in [1.807, 2.05) is 0 Å². The van der Waals surface area contributed by atoms with E-state index in [9.17, 15) is 31.5 Å². The third-order valence-corrected chi connectivity index (χ3v) is 9.13. The summed E-state index contributed by atoms with van der Waals surface area (Å²) >= 11 is 6.45. The van der Waals surface area contributed by atoms with Crippen molar-refractivity contribution in [2.75, 3.05) is 0 Å². The highest BCUT2D eigenvalue weighted by Crippen LogP contribution is 2.39. The smallest absolute Gasteiger partial charge is 0.416 e. The number of hydrogen-bond acceptors (Lipinski definition) is 5. The summed E-state index contributed by atoms with van der Waals surface area (Å²) in [5, 5.41) is 14.7. The van der Waals surface area contributed by atoms with Gasteiger partial charge in [-0.2, -0.15) is 23.0 Å². The zero-order valence-electron chi connectivity index (χ0n) is 21.2. The Labute approximate surface area is 232 Å². The molecular formula is C27H24ClF3N4O4S. The summed E-state index contributed by atoms with van der Waals surface area (Å²) in [6.45, 7) is 1.45. The summed E-state index contributed by atoms with van der Waals surface area (Å²) in [6, 6.07) is 11.2. The van der Waals surface area contributed by atoms with E-state index in [1.165, 1.54) is 29.8 Å². The van der Waals surface area contributed by atoms with Gasteiger partial charge in [0.25, 0.3) is 0 Å². The molecule has 1 aliphatic carbocycles. The van der Waals surface area contributed by atoms with Crippen molar-refractivity contribution >= 4 is 33.2 Å². The maximum Gasteiger partial charge on any atom is 0.416 e. The molecule has 5 rings (SSSR count). The minimum atomic E-state index is -4.55. The van der Waals surface area contributed by atoms with Crippen LogP contribution in [0.15, 0.2) is 59.6 Å². The first-order valence-electron chi connectivity index (χ1n) is 12.4. The van der Waals surface area contributed by atoms with Gasteiger partial charge < -0.3 is 5.11 Å². The van der Waals surface area contributed by atoms with Gasteiger partial charge in [0.15, 0.2) is 5.65 Å². The first kappa shape index (κ1) is 28.1. The van der Waals surface area contributed by atoms with E-state index in [0.29, 0.717) is 34.6 Å². The Kier molecular flexibility index (Phi) is 7.13. The molecule has 2 heterocycles. The van der Waals surface area contributed by atoms with E-state index in [-0.39, 0.29) is 34.8 Å². The van der Waals surface area contributed by atoms with Gasteiger partial charge in [-0.25, -0.2) is 17.9 Å². The molecule has 0 aliphatic heterocycles. The Hall–Kier alpha value is -3.48. The molecular weight excluding hydrogens is 569 g/mol. The number of benzene rings is 2. The number of aryl methyl sites for hydroxylation is 1. The number of nitrogens with one attached hydrogen (secondary N) is 1. The largest absolute Gasteiger partial charge is 0.480 e. The Balaban J connectivity index is 1.74. The van der Waals surface area contributed by atoms with Crippen LogP contribution >= 0.6 is 11.6 Å². The van der Waals surface area contributed by atoms with Crippen molar-refractivity contribution in [2.24, 2.45) is 0 Å². The monoisotopic (exact) mass is 592 g/mol. The number of aromatic nitrogens is 3. The second-order valence-corrected chi connectivity index (χ2v) is 11.8. The molecule has 8 nitrogen and oxygen atoms in total. The number of nitrogens with zero attached hydrogens (tertiary/aromatic N) is 3. The SMILES string of the molecule is Cc1nn2c(-c3ccc(C(F)(F)F)cc3)c(-c3ccccc3Cl)cnc2c1S(=O)(=O)NC1(C(=O)O)CCCCC1. The molecule has 0 unspecified atom stereocenters. The molecule has 13 heteroatoms. The molecule has 210 valence electrons. The molecule has 0 spiro atoms.